The molecule has 18 heavy (non-hydrogen) atoms. The second-order valence-electron chi connectivity index (χ2n) is 5.60. The maximum Gasteiger partial charge on any atom is 0.213 e. The van der Waals surface area contributed by atoms with Crippen molar-refractivity contribution in [1.29, 1.82) is 0 Å². The number of hydrogen-bond acceptors (Lipinski definition) is 3. The molecule has 0 bridgehead atoms. The molecular formula is C15H24N2O. The topological polar surface area (TPSA) is 34.1 Å². The number of aromatic nitrogens is 1. The maximum atomic E-state index is 5.07. The summed E-state index contributed by atoms with van der Waals surface area (Å²) in [5.74, 6) is 2.33. The van der Waals surface area contributed by atoms with Gasteiger partial charge in [-0.05, 0) is 30.7 Å². The largest absolute Gasteiger partial charge is 0.481 e. The molecule has 1 aromatic heterocycles. The first-order chi connectivity index (χ1) is 8.69. The van der Waals surface area contributed by atoms with Crippen molar-refractivity contribution in [2.45, 2.75) is 45.6 Å². The minimum absolute atomic E-state index is 0.598. The van der Waals surface area contributed by atoms with Gasteiger partial charge in [0.15, 0.2) is 0 Å². The van der Waals surface area contributed by atoms with Crippen LogP contribution in [0.5, 0.6) is 5.88 Å². The summed E-state index contributed by atoms with van der Waals surface area (Å²) in [4.78, 5) is 4.23. The van der Waals surface area contributed by atoms with Gasteiger partial charge in [0.1, 0.15) is 0 Å². The summed E-state index contributed by atoms with van der Waals surface area (Å²) < 4.78 is 5.07. The van der Waals surface area contributed by atoms with Crippen molar-refractivity contribution in [3.8, 4) is 5.88 Å². The van der Waals surface area contributed by atoms with E-state index in [4.69, 9.17) is 4.74 Å². The molecule has 0 radical (unpaired) electrons. The van der Waals surface area contributed by atoms with Crippen molar-refractivity contribution in [3.63, 3.8) is 0 Å². The second-order valence-corrected chi connectivity index (χ2v) is 5.60. The van der Waals surface area contributed by atoms with Gasteiger partial charge in [0, 0.05) is 12.1 Å². The molecule has 1 fully saturated rings. The Hall–Kier alpha value is -1.25. The van der Waals surface area contributed by atoms with Crippen LogP contribution in [0.25, 0.3) is 0 Å². The zero-order valence-electron chi connectivity index (χ0n) is 11.6. The average Bonchev–Trinajstić information content (AvgIpc) is 2.40. The zero-order chi connectivity index (χ0) is 13.0. The van der Waals surface area contributed by atoms with Crippen molar-refractivity contribution >= 4 is 5.69 Å². The highest BCUT2D eigenvalue weighted by molar-refractivity contribution is 5.43. The van der Waals surface area contributed by atoms with Gasteiger partial charge in [-0.15, -0.1) is 0 Å². The lowest BCUT2D eigenvalue weighted by Gasteiger charge is -2.32. The summed E-state index contributed by atoms with van der Waals surface area (Å²) in [6, 6.07) is 4.55. The predicted octanol–water partition coefficient (Wildman–Crippen LogP) is 3.72. The molecule has 1 aliphatic carbocycles. The molecule has 0 saturated heterocycles. The lowest BCUT2D eigenvalue weighted by Crippen LogP contribution is -2.29. The molecule has 0 aliphatic heterocycles. The smallest absolute Gasteiger partial charge is 0.213 e. The standard InChI is InChI=1S/C15H24N2O/c1-11(2)12-5-4-6-13(9-12)17-14-7-8-15(18-3)16-10-14/h7-8,10-13,17H,4-6,9H2,1-3H3. The van der Waals surface area contributed by atoms with Crippen molar-refractivity contribution in [3.05, 3.63) is 18.3 Å². The predicted molar refractivity (Wildman–Crippen MR) is 75.0 cm³/mol. The van der Waals surface area contributed by atoms with E-state index in [2.05, 4.69) is 24.1 Å². The molecule has 1 aliphatic rings. The van der Waals surface area contributed by atoms with Crippen LogP contribution < -0.4 is 10.1 Å². The van der Waals surface area contributed by atoms with Gasteiger partial charge in [-0.25, -0.2) is 4.98 Å². The Kier molecular flexibility index (Phi) is 4.45. The summed E-state index contributed by atoms with van der Waals surface area (Å²) in [5, 5.41) is 3.60. The quantitative estimate of drug-likeness (QED) is 0.882. The molecule has 2 unspecified atom stereocenters. The third-order valence-corrected chi connectivity index (χ3v) is 3.97. The van der Waals surface area contributed by atoms with Crippen molar-refractivity contribution in [1.82, 2.24) is 4.98 Å². The van der Waals surface area contributed by atoms with Crippen LogP contribution in [-0.4, -0.2) is 18.1 Å². The molecule has 3 heteroatoms. The minimum atomic E-state index is 0.598. The van der Waals surface area contributed by atoms with E-state index in [0.717, 1.165) is 17.5 Å². The number of nitrogens with one attached hydrogen (secondary N) is 1. The van der Waals surface area contributed by atoms with Crippen LogP contribution in [0.4, 0.5) is 5.69 Å². The van der Waals surface area contributed by atoms with Gasteiger partial charge in [0.25, 0.3) is 0 Å². The number of methoxy groups -OCH3 is 1. The van der Waals surface area contributed by atoms with E-state index >= 15 is 0 Å². The van der Waals surface area contributed by atoms with Gasteiger partial charge in [-0.2, -0.15) is 0 Å². The van der Waals surface area contributed by atoms with Crippen LogP contribution in [0, 0.1) is 11.8 Å². The van der Waals surface area contributed by atoms with Gasteiger partial charge in [-0.3, -0.25) is 0 Å². The number of anilines is 1. The van der Waals surface area contributed by atoms with Crippen molar-refractivity contribution in [2.75, 3.05) is 12.4 Å². The highest BCUT2D eigenvalue weighted by atomic mass is 16.5. The SMILES string of the molecule is COc1ccc(NC2CCCC(C(C)C)C2)cn1. The molecule has 100 valence electrons. The number of rotatable bonds is 4. The molecular weight excluding hydrogens is 224 g/mol. The first-order valence-corrected chi connectivity index (χ1v) is 6.95. The van der Waals surface area contributed by atoms with E-state index in [-0.39, 0.29) is 0 Å². The third-order valence-electron chi connectivity index (χ3n) is 3.97. The summed E-state index contributed by atoms with van der Waals surface area (Å²) in [6.45, 7) is 4.67. The lowest BCUT2D eigenvalue weighted by atomic mass is 9.79. The van der Waals surface area contributed by atoms with Gasteiger partial charge in [0.2, 0.25) is 5.88 Å². The molecule has 3 nitrogen and oxygen atoms in total. The summed E-state index contributed by atoms with van der Waals surface area (Å²) in [5.41, 5.74) is 1.10. The van der Waals surface area contributed by atoms with E-state index < -0.39 is 0 Å². The van der Waals surface area contributed by atoms with Gasteiger partial charge in [-0.1, -0.05) is 26.7 Å². The van der Waals surface area contributed by atoms with Gasteiger partial charge < -0.3 is 10.1 Å². The minimum Gasteiger partial charge on any atom is -0.481 e. The lowest BCUT2D eigenvalue weighted by molar-refractivity contribution is 0.264. The summed E-state index contributed by atoms with van der Waals surface area (Å²) >= 11 is 0. The van der Waals surface area contributed by atoms with E-state index in [1.807, 2.05) is 18.3 Å². The molecule has 1 heterocycles. The van der Waals surface area contributed by atoms with Gasteiger partial charge >= 0.3 is 0 Å². The van der Waals surface area contributed by atoms with Crippen LogP contribution in [0.3, 0.4) is 0 Å². The van der Waals surface area contributed by atoms with E-state index in [9.17, 15) is 0 Å². The Bertz CT molecular complexity index is 361. The second kappa shape index (κ2) is 6.07. The number of ether oxygens (including phenoxy) is 1. The first-order valence-electron chi connectivity index (χ1n) is 6.95. The molecule has 0 aromatic carbocycles. The molecule has 2 rings (SSSR count). The normalized spacial score (nSPS) is 24.0. The Morgan fingerprint density at radius 3 is 2.78 bits per heavy atom. The molecule has 0 amide bonds. The molecule has 1 aromatic rings. The summed E-state index contributed by atoms with van der Waals surface area (Å²) in [6.07, 6.45) is 7.14. The van der Waals surface area contributed by atoms with E-state index in [1.165, 1.54) is 25.7 Å². The Labute approximate surface area is 110 Å². The third kappa shape index (κ3) is 3.37. The Morgan fingerprint density at radius 1 is 1.33 bits per heavy atom. The van der Waals surface area contributed by atoms with Crippen LogP contribution in [0.1, 0.15) is 39.5 Å². The van der Waals surface area contributed by atoms with Crippen LogP contribution >= 0.6 is 0 Å². The van der Waals surface area contributed by atoms with Crippen LogP contribution in [-0.2, 0) is 0 Å². The fourth-order valence-electron chi connectivity index (χ4n) is 2.79. The number of pyridine rings is 1. The summed E-state index contributed by atoms with van der Waals surface area (Å²) in [7, 11) is 1.64. The molecule has 1 saturated carbocycles. The molecule has 2 atom stereocenters. The number of hydrogen-bond donors (Lipinski definition) is 1. The highest BCUT2D eigenvalue weighted by Gasteiger charge is 2.23. The van der Waals surface area contributed by atoms with E-state index in [1.54, 1.807) is 7.11 Å². The monoisotopic (exact) mass is 248 g/mol. The Morgan fingerprint density at radius 2 is 2.17 bits per heavy atom. The van der Waals surface area contributed by atoms with Gasteiger partial charge in [0.05, 0.1) is 19.0 Å². The number of nitrogens with zero attached hydrogens (tertiary/aromatic N) is 1. The van der Waals surface area contributed by atoms with Crippen molar-refractivity contribution < 1.29 is 4.74 Å². The maximum absolute atomic E-state index is 5.07. The average molecular weight is 248 g/mol. The Balaban J connectivity index is 1.91. The fraction of sp³-hybridized carbons (Fsp3) is 0.667. The fourth-order valence-corrected chi connectivity index (χ4v) is 2.79. The first kappa shape index (κ1) is 13.2. The highest BCUT2D eigenvalue weighted by Crippen LogP contribution is 2.31. The van der Waals surface area contributed by atoms with Crippen LogP contribution in [0.15, 0.2) is 18.3 Å². The molecule has 0 spiro atoms. The molecule has 1 N–H and O–H groups in total. The zero-order valence-corrected chi connectivity index (χ0v) is 11.6. The van der Waals surface area contributed by atoms with Crippen molar-refractivity contribution in [2.24, 2.45) is 11.8 Å². The van der Waals surface area contributed by atoms with Crippen LogP contribution in [0.2, 0.25) is 0 Å². The van der Waals surface area contributed by atoms with E-state index in [0.29, 0.717) is 11.9 Å².